The van der Waals surface area contributed by atoms with Crippen LogP contribution in [0.25, 0.3) is 0 Å². The Bertz CT molecular complexity index is 663. The summed E-state index contributed by atoms with van der Waals surface area (Å²) < 4.78 is 5.84. The van der Waals surface area contributed by atoms with Crippen LogP contribution in [0.4, 0.5) is 5.69 Å². The molecule has 0 radical (unpaired) electrons. The predicted molar refractivity (Wildman–Crippen MR) is 105 cm³/mol. The van der Waals surface area contributed by atoms with Crippen LogP contribution in [-0.4, -0.2) is 80.2 Å². The molecule has 0 spiro atoms. The van der Waals surface area contributed by atoms with E-state index in [2.05, 4.69) is 0 Å². The van der Waals surface area contributed by atoms with E-state index in [1.165, 1.54) is 4.90 Å². The molecule has 0 aromatic heterocycles. The van der Waals surface area contributed by atoms with Crippen LogP contribution in [0.3, 0.4) is 0 Å². The molecule has 1 aromatic carbocycles. The Morgan fingerprint density at radius 1 is 1.30 bits per heavy atom. The molecule has 0 saturated carbocycles. The average molecular weight is 377 g/mol. The molecule has 1 atom stereocenters. The third-order valence-corrected chi connectivity index (χ3v) is 4.95. The van der Waals surface area contributed by atoms with Crippen LogP contribution in [0.15, 0.2) is 18.2 Å². The van der Waals surface area contributed by atoms with Crippen molar-refractivity contribution < 1.29 is 19.4 Å². The van der Waals surface area contributed by atoms with Gasteiger partial charge in [-0.2, -0.15) is 0 Å². The van der Waals surface area contributed by atoms with Crippen LogP contribution in [0.1, 0.15) is 36.5 Å². The van der Waals surface area contributed by atoms with Crippen molar-refractivity contribution in [2.24, 2.45) is 0 Å². The molecule has 0 unspecified atom stereocenters. The number of amides is 2. The first-order chi connectivity index (χ1) is 12.9. The second-order valence-corrected chi connectivity index (χ2v) is 7.07. The summed E-state index contributed by atoms with van der Waals surface area (Å²) in [6.07, 6.45) is 1.85. The Morgan fingerprint density at radius 3 is 2.67 bits per heavy atom. The van der Waals surface area contributed by atoms with E-state index < -0.39 is 0 Å². The van der Waals surface area contributed by atoms with Gasteiger partial charge in [0.15, 0.2) is 0 Å². The van der Waals surface area contributed by atoms with Gasteiger partial charge < -0.3 is 24.5 Å². The quantitative estimate of drug-likeness (QED) is 0.697. The Morgan fingerprint density at radius 2 is 2.04 bits per heavy atom. The van der Waals surface area contributed by atoms with E-state index in [1.807, 2.05) is 35.9 Å². The fraction of sp³-hybridized carbons (Fsp3) is 0.600. The molecular weight excluding hydrogens is 346 g/mol. The van der Waals surface area contributed by atoms with E-state index in [4.69, 9.17) is 9.84 Å². The van der Waals surface area contributed by atoms with Crippen molar-refractivity contribution in [3.05, 3.63) is 23.8 Å². The molecule has 1 heterocycles. The second-order valence-electron chi connectivity index (χ2n) is 7.07. The maximum atomic E-state index is 12.7. The highest BCUT2D eigenvalue weighted by Crippen LogP contribution is 2.34. The number of nitrogens with zero attached hydrogens (tertiary/aromatic N) is 3. The van der Waals surface area contributed by atoms with E-state index >= 15 is 0 Å². The van der Waals surface area contributed by atoms with E-state index in [-0.39, 0.29) is 24.5 Å². The Hall–Kier alpha value is -2.28. The number of rotatable bonds is 8. The maximum Gasteiger partial charge on any atom is 0.253 e. The van der Waals surface area contributed by atoms with Crippen LogP contribution >= 0.6 is 0 Å². The first-order valence-corrected chi connectivity index (χ1v) is 9.49. The predicted octanol–water partition coefficient (Wildman–Crippen LogP) is 1.60. The highest BCUT2D eigenvalue weighted by atomic mass is 16.5. The number of anilines is 1. The molecule has 150 valence electrons. The number of aliphatic hydroxyl groups is 1. The maximum absolute atomic E-state index is 12.7. The van der Waals surface area contributed by atoms with Crippen molar-refractivity contribution in [1.29, 1.82) is 0 Å². The second kappa shape index (κ2) is 9.60. The van der Waals surface area contributed by atoms with Crippen molar-refractivity contribution in [3.8, 4) is 5.75 Å². The van der Waals surface area contributed by atoms with Gasteiger partial charge >= 0.3 is 0 Å². The van der Waals surface area contributed by atoms with Gasteiger partial charge in [0.1, 0.15) is 12.4 Å². The summed E-state index contributed by atoms with van der Waals surface area (Å²) in [5.41, 5.74) is 1.43. The number of ether oxygens (including phenoxy) is 1. The normalized spacial score (nSPS) is 15.7. The molecule has 0 fully saturated rings. The molecule has 2 rings (SSSR count). The number of fused-ring (bicyclic) bond motifs is 1. The van der Waals surface area contributed by atoms with Gasteiger partial charge in [-0.05, 0) is 38.0 Å². The van der Waals surface area contributed by atoms with Crippen LogP contribution in [0.5, 0.6) is 5.75 Å². The zero-order chi connectivity index (χ0) is 20.0. The molecule has 7 nitrogen and oxygen atoms in total. The molecule has 0 aliphatic carbocycles. The van der Waals surface area contributed by atoms with Crippen LogP contribution < -0.4 is 9.64 Å². The zero-order valence-electron chi connectivity index (χ0n) is 16.8. The number of hydrogen-bond acceptors (Lipinski definition) is 5. The lowest BCUT2D eigenvalue weighted by Crippen LogP contribution is -2.45. The van der Waals surface area contributed by atoms with Gasteiger partial charge in [0.05, 0.1) is 18.2 Å². The Labute approximate surface area is 161 Å². The summed E-state index contributed by atoms with van der Waals surface area (Å²) in [7, 11) is 5.38. The SMILES string of the molecule is CCN(CCCCO)C(=O)C[C@H]1COc2ccc(C(=O)N(C)C)cc2N1C. The molecule has 1 aromatic rings. The standard InChI is InChI=1S/C20H31N3O4/c1-5-23(10-6-7-11-24)19(25)13-16-14-27-18-9-8-15(20(26)21(2)3)12-17(18)22(16)4/h8-9,12,16,24H,5-7,10-11,13-14H2,1-4H3/t16-/m0/s1. The van der Waals surface area contributed by atoms with Gasteiger partial charge in [0.2, 0.25) is 5.91 Å². The van der Waals surface area contributed by atoms with Crippen LogP contribution in [-0.2, 0) is 4.79 Å². The van der Waals surface area contributed by atoms with Crippen molar-refractivity contribution in [1.82, 2.24) is 9.80 Å². The Kier molecular flexibility index (Phi) is 7.47. The summed E-state index contributed by atoms with van der Waals surface area (Å²) >= 11 is 0. The fourth-order valence-electron chi connectivity index (χ4n) is 3.20. The van der Waals surface area contributed by atoms with Crippen molar-refractivity contribution in [2.75, 3.05) is 52.3 Å². The lowest BCUT2D eigenvalue weighted by Gasteiger charge is -2.36. The summed E-state index contributed by atoms with van der Waals surface area (Å²) in [4.78, 5) is 30.3. The van der Waals surface area contributed by atoms with E-state index in [0.29, 0.717) is 38.1 Å². The van der Waals surface area contributed by atoms with Gasteiger partial charge in [-0.3, -0.25) is 9.59 Å². The van der Waals surface area contributed by atoms with Crippen LogP contribution in [0, 0.1) is 0 Å². The summed E-state index contributed by atoms with van der Waals surface area (Å²) in [5, 5.41) is 8.92. The average Bonchev–Trinajstić information content (AvgIpc) is 2.66. The van der Waals surface area contributed by atoms with Gasteiger partial charge in [-0.15, -0.1) is 0 Å². The molecular formula is C20H31N3O4. The largest absolute Gasteiger partial charge is 0.489 e. The van der Waals surface area contributed by atoms with Crippen molar-refractivity contribution in [2.45, 2.75) is 32.2 Å². The lowest BCUT2D eigenvalue weighted by atomic mass is 10.1. The third-order valence-electron chi connectivity index (χ3n) is 4.95. The summed E-state index contributed by atoms with van der Waals surface area (Å²) in [6.45, 7) is 3.86. The van der Waals surface area contributed by atoms with Gasteiger partial charge in [-0.25, -0.2) is 0 Å². The number of aliphatic hydroxyl groups excluding tert-OH is 1. The fourth-order valence-corrected chi connectivity index (χ4v) is 3.20. The Balaban J connectivity index is 2.08. The van der Waals surface area contributed by atoms with E-state index in [0.717, 1.165) is 17.9 Å². The topological polar surface area (TPSA) is 73.3 Å². The minimum atomic E-state index is -0.0819. The van der Waals surface area contributed by atoms with E-state index in [1.54, 1.807) is 20.2 Å². The summed E-state index contributed by atoms with van der Waals surface area (Å²) in [6, 6.07) is 5.32. The number of likely N-dealkylation sites (N-methyl/N-ethyl adjacent to an activating group) is 1. The minimum Gasteiger partial charge on any atom is -0.489 e. The summed E-state index contributed by atoms with van der Waals surface area (Å²) in [5.74, 6) is 0.747. The number of hydrogen-bond donors (Lipinski definition) is 1. The smallest absolute Gasteiger partial charge is 0.253 e. The molecule has 0 saturated heterocycles. The number of unbranched alkanes of at least 4 members (excludes halogenated alkanes) is 1. The number of carbonyl (C=O) groups is 2. The van der Waals surface area contributed by atoms with Gasteiger partial charge in [0.25, 0.3) is 5.91 Å². The van der Waals surface area contributed by atoms with Gasteiger partial charge in [-0.1, -0.05) is 0 Å². The van der Waals surface area contributed by atoms with E-state index in [9.17, 15) is 9.59 Å². The minimum absolute atomic E-state index is 0.0644. The molecule has 7 heteroatoms. The third kappa shape index (κ3) is 5.13. The first-order valence-electron chi connectivity index (χ1n) is 9.49. The van der Waals surface area contributed by atoms with Crippen molar-refractivity contribution >= 4 is 17.5 Å². The highest BCUT2D eigenvalue weighted by molar-refractivity contribution is 5.95. The molecule has 27 heavy (non-hydrogen) atoms. The number of benzene rings is 1. The van der Waals surface area contributed by atoms with Crippen molar-refractivity contribution in [3.63, 3.8) is 0 Å². The highest BCUT2D eigenvalue weighted by Gasteiger charge is 2.29. The lowest BCUT2D eigenvalue weighted by molar-refractivity contribution is -0.131. The molecule has 1 aliphatic heterocycles. The molecule has 2 amide bonds. The van der Waals surface area contributed by atoms with Gasteiger partial charge in [0, 0.05) is 46.4 Å². The van der Waals surface area contributed by atoms with Crippen LogP contribution in [0.2, 0.25) is 0 Å². The monoisotopic (exact) mass is 377 g/mol. The number of carbonyl (C=O) groups excluding carboxylic acids is 2. The molecule has 0 bridgehead atoms. The molecule has 1 N–H and O–H groups in total. The first kappa shape index (κ1) is 21.0. The molecule has 1 aliphatic rings. The zero-order valence-corrected chi connectivity index (χ0v) is 16.8.